The van der Waals surface area contributed by atoms with Crippen LogP contribution in [0.25, 0.3) is 6.08 Å². The van der Waals surface area contributed by atoms with Crippen molar-refractivity contribution in [3.63, 3.8) is 0 Å². The van der Waals surface area contributed by atoms with Crippen LogP contribution in [0.1, 0.15) is 18.9 Å². The third-order valence-electron chi connectivity index (χ3n) is 4.97. The number of allylic oxidation sites excluding steroid dienone is 7. The Labute approximate surface area is 173 Å². The molecule has 0 spiro atoms. The molecule has 0 bridgehead atoms. The summed E-state index contributed by atoms with van der Waals surface area (Å²) in [6.45, 7) is 2.06. The van der Waals surface area contributed by atoms with Gasteiger partial charge in [0.1, 0.15) is 0 Å². The van der Waals surface area contributed by atoms with Crippen molar-refractivity contribution in [2.45, 2.75) is 13.3 Å². The highest BCUT2D eigenvalue weighted by Crippen LogP contribution is 2.34. The van der Waals surface area contributed by atoms with Crippen LogP contribution >= 0.6 is 0 Å². The summed E-state index contributed by atoms with van der Waals surface area (Å²) in [5, 5.41) is 0. The summed E-state index contributed by atoms with van der Waals surface area (Å²) in [5.41, 5.74) is 7.37. The maximum atomic E-state index is 2.28. The summed E-state index contributed by atoms with van der Waals surface area (Å²) in [7, 11) is 0. The van der Waals surface area contributed by atoms with Crippen molar-refractivity contribution >= 4 is 23.1 Å². The number of benzene rings is 3. The molecule has 29 heavy (non-hydrogen) atoms. The third kappa shape index (κ3) is 4.64. The predicted octanol–water partition coefficient (Wildman–Crippen LogP) is 8.00. The molecule has 1 aliphatic carbocycles. The monoisotopic (exact) mass is 375 g/mol. The largest absolute Gasteiger partial charge is 0.311 e. The highest BCUT2D eigenvalue weighted by atomic mass is 15.1. The summed E-state index contributed by atoms with van der Waals surface area (Å²) in [5.74, 6) is 0. The zero-order chi connectivity index (χ0) is 19.9. The summed E-state index contributed by atoms with van der Waals surface area (Å²) in [6.07, 6.45) is 14.1. The minimum Gasteiger partial charge on any atom is -0.311 e. The van der Waals surface area contributed by atoms with Crippen molar-refractivity contribution in [3.8, 4) is 0 Å². The van der Waals surface area contributed by atoms with Gasteiger partial charge in [0.2, 0.25) is 0 Å². The first kappa shape index (κ1) is 18.8. The first-order valence-electron chi connectivity index (χ1n) is 10.0. The Morgan fingerprint density at radius 1 is 0.586 bits per heavy atom. The molecule has 1 aliphatic rings. The van der Waals surface area contributed by atoms with Gasteiger partial charge in [0, 0.05) is 17.1 Å². The Kier molecular flexibility index (Phi) is 5.87. The smallest absolute Gasteiger partial charge is 0.0462 e. The quantitative estimate of drug-likeness (QED) is 0.422. The number of hydrogen-bond donors (Lipinski definition) is 0. The number of hydrogen-bond acceptors (Lipinski definition) is 1. The normalized spacial score (nSPS) is 13.7. The Bertz CT molecular complexity index is 1010. The Balaban J connectivity index is 1.55. The van der Waals surface area contributed by atoms with E-state index in [2.05, 4.69) is 133 Å². The first-order valence-corrected chi connectivity index (χ1v) is 10.0. The molecule has 0 radical (unpaired) electrons. The number of para-hydroxylation sites is 2. The Morgan fingerprint density at radius 2 is 1.10 bits per heavy atom. The van der Waals surface area contributed by atoms with E-state index in [1.54, 1.807) is 0 Å². The van der Waals surface area contributed by atoms with E-state index < -0.39 is 0 Å². The molecule has 1 nitrogen and oxygen atoms in total. The fourth-order valence-corrected chi connectivity index (χ4v) is 3.55. The van der Waals surface area contributed by atoms with Gasteiger partial charge < -0.3 is 4.90 Å². The van der Waals surface area contributed by atoms with E-state index in [-0.39, 0.29) is 0 Å². The number of rotatable bonds is 6. The minimum atomic E-state index is 1.01. The molecule has 0 fully saturated rings. The average Bonchev–Trinajstić information content (AvgIpc) is 3.23. The van der Waals surface area contributed by atoms with Crippen LogP contribution in [0.3, 0.4) is 0 Å². The molecule has 3 aromatic carbocycles. The van der Waals surface area contributed by atoms with Gasteiger partial charge in [-0.1, -0.05) is 85.0 Å². The van der Waals surface area contributed by atoms with Gasteiger partial charge >= 0.3 is 0 Å². The topological polar surface area (TPSA) is 3.24 Å². The maximum Gasteiger partial charge on any atom is 0.0462 e. The van der Waals surface area contributed by atoms with E-state index in [9.17, 15) is 0 Å². The fraction of sp³-hybridized carbons (Fsp3) is 0.0714. The highest BCUT2D eigenvalue weighted by molar-refractivity contribution is 5.77. The number of anilines is 3. The standard InChI is InChI=1S/C28H25N/c1-2-9-24-16-17-25(22-24)15-14-23-18-20-28(21-19-23)29(26-10-5-3-6-11-26)27-12-7-4-8-13-27/h2-21H,22H2,1H3. The van der Waals surface area contributed by atoms with Crippen LogP contribution in [0.2, 0.25) is 0 Å². The molecule has 0 aliphatic heterocycles. The van der Waals surface area contributed by atoms with Crippen LogP contribution in [0.15, 0.2) is 126 Å². The molecule has 142 valence electrons. The second kappa shape index (κ2) is 9.07. The molecule has 0 atom stereocenters. The van der Waals surface area contributed by atoms with E-state index in [0.29, 0.717) is 0 Å². The second-order valence-electron chi connectivity index (χ2n) is 7.09. The van der Waals surface area contributed by atoms with Crippen LogP contribution in [0, 0.1) is 0 Å². The van der Waals surface area contributed by atoms with Gasteiger partial charge in [-0.2, -0.15) is 0 Å². The maximum absolute atomic E-state index is 2.28. The second-order valence-corrected chi connectivity index (χ2v) is 7.09. The Hall–Kier alpha value is -3.58. The molecule has 1 heteroatoms. The van der Waals surface area contributed by atoms with Gasteiger partial charge in [-0.3, -0.25) is 0 Å². The molecule has 4 rings (SSSR count). The van der Waals surface area contributed by atoms with Crippen molar-refractivity contribution in [1.29, 1.82) is 0 Å². The van der Waals surface area contributed by atoms with Crippen molar-refractivity contribution in [2.75, 3.05) is 4.90 Å². The lowest BCUT2D eigenvalue weighted by molar-refractivity contribution is 1.25. The zero-order valence-electron chi connectivity index (χ0n) is 16.7. The van der Waals surface area contributed by atoms with Gasteiger partial charge in [0.25, 0.3) is 0 Å². The lowest BCUT2D eigenvalue weighted by atomic mass is 10.1. The van der Waals surface area contributed by atoms with Gasteiger partial charge in [-0.15, -0.1) is 0 Å². The predicted molar refractivity (Wildman–Crippen MR) is 126 cm³/mol. The summed E-state index contributed by atoms with van der Waals surface area (Å²) >= 11 is 0. The molecule has 0 heterocycles. The minimum absolute atomic E-state index is 1.01. The van der Waals surface area contributed by atoms with Gasteiger partial charge in [-0.25, -0.2) is 0 Å². The van der Waals surface area contributed by atoms with Crippen LogP contribution in [-0.2, 0) is 0 Å². The average molecular weight is 376 g/mol. The van der Waals surface area contributed by atoms with Gasteiger partial charge in [0.15, 0.2) is 0 Å². The van der Waals surface area contributed by atoms with E-state index in [0.717, 1.165) is 23.5 Å². The van der Waals surface area contributed by atoms with Crippen molar-refractivity contribution in [1.82, 2.24) is 0 Å². The van der Waals surface area contributed by atoms with Crippen molar-refractivity contribution in [3.05, 3.63) is 132 Å². The fourth-order valence-electron chi connectivity index (χ4n) is 3.55. The molecular weight excluding hydrogens is 350 g/mol. The molecule has 0 amide bonds. The van der Waals surface area contributed by atoms with E-state index in [1.165, 1.54) is 16.7 Å². The van der Waals surface area contributed by atoms with Crippen LogP contribution in [-0.4, -0.2) is 0 Å². The summed E-state index contributed by atoms with van der Waals surface area (Å²) < 4.78 is 0. The summed E-state index contributed by atoms with van der Waals surface area (Å²) in [4.78, 5) is 2.28. The molecular formula is C28H25N. The molecule has 0 unspecified atom stereocenters. The molecule has 0 aromatic heterocycles. The van der Waals surface area contributed by atoms with Crippen LogP contribution in [0.4, 0.5) is 17.1 Å². The number of nitrogens with zero attached hydrogens (tertiary/aromatic N) is 1. The summed E-state index contributed by atoms with van der Waals surface area (Å²) in [6, 6.07) is 29.7. The van der Waals surface area contributed by atoms with E-state index in [1.807, 2.05) is 0 Å². The molecule has 0 saturated heterocycles. The van der Waals surface area contributed by atoms with Crippen molar-refractivity contribution < 1.29 is 0 Å². The van der Waals surface area contributed by atoms with E-state index in [4.69, 9.17) is 0 Å². The van der Waals surface area contributed by atoms with Crippen molar-refractivity contribution in [2.24, 2.45) is 0 Å². The van der Waals surface area contributed by atoms with Gasteiger partial charge in [-0.05, 0) is 66.5 Å². The van der Waals surface area contributed by atoms with E-state index >= 15 is 0 Å². The molecule has 0 N–H and O–H groups in total. The Morgan fingerprint density at radius 3 is 1.66 bits per heavy atom. The molecule has 3 aromatic rings. The van der Waals surface area contributed by atoms with Crippen LogP contribution in [0.5, 0.6) is 0 Å². The lowest BCUT2D eigenvalue weighted by Crippen LogP contribution is -2.09. The third-order valence-corrected chi connectivity index (χ3v) is 4.97. The SMILES string of the molecule is CC=CC1=CC=C(C=Cc2ccc(N(c3ccccc3)c3ccccc3)cc2)C1. The first-order chi connectivity index (χ1) is 14.3. The van der Waals surface area contributed by atoms with Gasteiger partial charge in [0.05, 0.1) is 0 Å². The lowest BCUT2D eigenvalue weighted by Gasteiger charge is -2.25. The zero-order valence-corrected chi connectivity index (χ0v) is 16.7. The highest BCUT2D eigenvalue weighted by Gasteiger charge is 2.11. The van der Waals surface area contributed by atoms with Crippen LogP contribution < -0.4 is 4.90 Å². The molecule has 0 saturated carbocycles.